The van der Waals surface area contributed by atoms with Crippen LogP contribution in [0.2, 0.25) is 0 Å². The van der Waals surface area contributed by atoms with Crippen LogP contribution in [0.25, 0.3) is 0 Å². The molecule has 0 aromatic carbocycles. The molecule has 0 aromatic rings. The summed E-state index contributed by atoms with van der Waals surface area (Å²) < 4.78 is 4.40. The summed E-state index contributed by atoms with van der Waals surface area (Å²) in [6.45, 7) is 1.94. The highest BCUT2D eigenvalue weighted by atomic mass is 35.5. The second kappa shape index (κ2) is 6.83. The Kier molecular flexibility index (Phi) is 8.48. The van der Waals surface area contributed by atoms with Gasteiger partial charge in [0, 0.05) is 6.04 Å². The molecule has 0 saturated carbocycles. The van der Waals surface area contributed by atoms with Gasteiger partial charge in [-0.1, -0.05) is 6.92 Å². The molecule has 0 spiro atoms. The van der Waals surface area contributed by atoms with E-state index in [1.165, 1.54) is 7.11 Å². The Morgan fingerprint density at radius 1 is 1.70 bits per heavy atom. The zero-order chi connectivity index (χ0) is 7.28. The van der Waals surface area contributed by atoms with Crippen molar-refractivity contribution in [3.8, 4) is 0 Å². The van der Waals surface area contributed by atoms with Gasteiger partial charge in [-0.3, -0.25) is 4.79 Å². The van der Waals surface area contributed by atoms with Gasteiger partial charge in [0.1, 0.15) is 0 Å². The van der Waals surface area contributed by atoms with Crippen molar-refractivity contribution in [2.45, 2.75) is 25.8 Å². The van der Waals surface area contributed by atoms with Gasteiger partial charge in [-0.25, -0.2) is 0 Å². The van der Waals surface area contributed by atoms with Crippen LogP contribution in [0.5, 0.6) is 0 Å². The Balaban J connectivity index is 0. The lowest BCUT2D eigenvalue weighted by atomic mass is 10.2. The topological polar surface area (TPSA) is 52.3 Å². The van der Waals surface area contributed by atoms with Gasteiger partial charge in [-0.2, -0.15) is 0 Å². The maximum atomic E-state index is 10.5. The highest BCUT2D eigenvalue weighted by Gasteiger charge is 2.05. The van der Waals surface area contributed by atoms with Crippen LogP contribution in [0.4, 0.5) is 0 Å². The molecule has 10 heavy (non-hydrogen) atoms. The summed E-state index contributed by atoms with van der Waals surface area (Å²) in [4.78, 5) is 10.5. The normalized spacial score (nSPS) is 11.5. The quantitative estimate of drug-likeness (QED) is 0.630. The van der Waals surface area contributed by atoms with Gasteiger partial charge in [0.05, 0.1) is 13.5 Å². The van der Waals surface area contributed by atoms with Crippen LogP contribution < -0.4 is 5.73 Å². The predicted octanol–water partition coefficient (Wildman–Crippen LogP) is 0.709. The van der Waals surface area contributed by atoms with Gasteiger partial charge in [-0.05, 0) is 6.42 Å². The van der Waals surface area contributed by atoms with Gasteiger partial charge < -0.3 is 10.5 Å². The minimum atomic E-state index is -0.232. The third kappa shape index (κ3) is 5.85. The molecule has 0 heterocycles. The molecule has 0 aromatic heterocycles. The molecule has 1 unspecified atom stereocenters. The summed E-state index contributed by atoms with van der Waals surface area (Å²) in [5.41, 5.74) is 5.45. The lowest BCUT2D eigenvalue weighted by Crippen LogP contribution is -2.23. The molecule has 1 atom stereocenters. The first-order valence-electron chi connectivity index (χ1n) is 3.03. The predicted molar refractivity (Wildman–Crippen MR) is 42.1 cm³/mol. The van der Waals surface area contributed by atoms with E-state index in [0.29, 0.717) is 6.42 Å². The number of carbonyl (C=O) groups is 1. The second-order valence-electron chi connectivity index (χ2n) is 1.95. The van der Waals surface area contributed by atoms with E-state index in [9.17, 15) is 4.79 Å². The molecule has 0 fully saturated rings. The Hall–Kier alpha value is -0.280. The Morgan fingerprint density at radius 2 is 2.20 bits per heavy atom. The van der Waals surface area contributed by atoms with Gasteiger partial charge in [0.15, 0.2) is 0 Å². The van der Waals surface area contributed by atoms with E-state index in [0.717, 1.165) is 6.42 Å². The van der Waals surface area contributed by atoms with E-state index in [1.807, 2.05) is 6.92 Å². The van der Waals surface area contributed by atoms with E-state index in [4.69, 9.17) is 5.73 Å². The van der Waals surface area contributed by atoms with Gasteiger partial charge >= 0.3 is 5.97 Å². The summed E-state index contributed by atoms with van der Waals surface area (Å²) in [5.74, 6) is -0.232. The number of esters is 1. The highest BCUT2D eigenvalue weighted by molar-refractivity contribution is 5.85. The largest absolute Gasteiger partial charge is 0.469 e. The van der Waals surface area contributed by atoms with E-state index >= 15 is 0 Å². The summed E-state index contributed by atoms with van der Waals surface area (Å²) >= 11 is 0. The van der Waals surface area contributed by atoms with Crippen LogP contribution in [0.15, 0.2) is 0 Å². The molecule has 62 valence electrons. The molecule has 0 amide bonds. The summed E-state index contributed by atoms with van der Waals surface area (Å²) in [5, 5.41) is 0. The van der Waals surface area contributed by atoms with Crippen LogP contribution in [0.3, 0.4) is 0 Å². The van der Waals surface area contributed by atoms with Crippen molar-refractivity contribution >= 4 is 18.4 Å². The molecule has 0 radical (unpaired) electrons. The van der Waals surface area contributed by atoms with E-state index < -0.39 is 0 Å². The SMILES string of the molecule is CCC(N)CC(=O)OC.Cl. The van der Waals surface area contributed by atoms with Crippen molar-refractivity contribution in [1.82, 2.24) is 0 Å². The van der Waals surface area contributed by atoms with Crippen molar-refractivity contribution in [2.24, 2.45) is 5.73 Å². The third-order valence-electron chi connectivity index (χ3n) is 1.18. The van der Waals surface area contributed by atoms with Crippen LogP contribution >= 0.6 is 12.4 Å². The van der Waals surface area contributed by atoms with Crippen molar-refractivity contribution in [2.75, 3.05) is 7.11 Å². The standard InChI is InChI=1S/C6H13NO2.ClH/c1-3-5(7)4-6(8)9-2;/h5H,3-4,7H2,1-2H3;1H. The van der Waals surface area contributed by atoms with Crippen LogP contribution in [0.1, 0.15) is 19.8 Å². The molecule has 0 aliphatic rings. The number of methoxy groups -OCH3 is 1. The van der Waals surface area contributed by atoms with E-state index in [2.05, 4.69) is 4.74 Å². The van der Waals surface area contributed by atoms with Gasteiger partial charge in [-0.15, -0.1) is 12.4 Å². The van der Waals surface area contributed by atoms with Crippen molar-refractivity contribution in [1.29, 1.82) is 0 Å². The maximum Gasteiger partial charge on any atom is 0.307 e. The minimum absolute atomic E-state index is 0. The number of nitrogens with two attached hydrogens (primary N) is 1. The molecule has 0 aliphatic heterocycles. The Labute approximate surface area is 67.3 Å². The molecular weight excluding hydrogens is 154 g/mol. The number of hydrogen-bond acceptors (Lipinski definition) is 3. The lowest BCUT2D eigenvalue weighted by Gasteiger charge is -2.04. The number of halogens is 1. The fraction of sp³-hybridized carbons (Fsp3) is 0.833. The minimum Gasteiger partial charge on any atom is -0.469 e. The molecule has 0 aliphatic carbocycles. The van der Waals surface area contributed by atoms with Gasteiger partial charge in [0.25, 0.3) is 0 Å². The number of hydrogen-bond donors (Lipinski definition) is 1. The second-order valence-corrected chi connectivity index (χ2v) is 1.95. The van der Waals surface area contributed by atoms with Crippen LogP contribution in [0, 0.1) is 0 Å². The zero-order valence-electron chi connectivity index (χ0n) is 6.29. The van der Waals surface area contributed by atoms with Crippen LogP contribution in [-0.2, 0) is 9.53 Å². The van der Waals surface area contributed by atoms with Crippen molar-refractivity contribution in [3.63, 3.8) is 0 Å². The van der Waals surface area contributed by atoms with Crippen molar-refractivity contribution < 1.29 is 9.53 Å². The average Bonchev–Trinajstić information content (AvgIpc) is 1.87. The van der Waals surface area contributed by atoms with E-state index in [-0.39, 0.29) is 24.4 Å². The van der Waals surface area contributed by atoms with Gasteiger partial charge in [0.2, 0.25) is 0 Å². The molecule has 0 bridgehead atoms. The lowest BCUT2D eigenvalue weighted by molar-refractivity contribution is -0.141. The Morgan fingerprint density at radius 3 is 2.50 bits per heavy atom. The third-order valence-corrected chi connectivity index (χ3v) is 1.18. The van der Waals surface area contributed by atoms with Crippen molar-refractivity contribution in [3.05, 3.63) is 0 Å². The summed E-state index contributed by atoms with van der Waals surface area (Å²) in [6, 6.07) is -0.0440. The highest BCUT2D eigenvalue weighted by Crippen LogP contribution is 1.93. The number of carbonyl (C=O) groups excluding carboxylic acids is 1. The fourth-order valence-electron chi connectivity index (χ4n) is 0.442. The molecule has 0 rings (SSSR count). The Bertz CT molecular complexity index is 97.7. The molecular formula is C6H14ClNO2. The first-order valence-corrected chi connectivity index (χ1v) is 3.03. The smallest absolute Gasteiger partial charge is 0.307 e. The summed E-state index contributed by atoms with van der Waals surface area (Å²) in [6.07, 6.45) is 1.14. The molecule has 2 N–H and O–H groups in total. The molecule has 3 nitrogen and oxygen atoms in total. The monoisotopic (exact) mass is 167 g/mol. The first kappa shape index (κ1) is 12.4. The zero-order valence-corrected chi connectivity index (χ0v) is 7.11. The summed E-state index contributed by atoms with van der Waals surface area (Å²) in [7, 11) is 1.37. The molecule has 0 saturated heterocycles. The average molecular weight is 168 g/mol. The molecule has 4 heteroatoms. The number of rotatable bonds is 3. The first-order chi connectivity index (χ1) is 4.20. The maximum absolute atomic E-state index is 10.5. The number of ether oxygens (including phenoxy) is 1. The fourth-order valence-corrected chi connectivity index (χ4v) is 0.442. The van der Waals surface area contributed by atoms with Crippen LogP contribution in [-0.4, -0.2) is 19.1 Å². The van der Waals surface area contributed by atoms with E-state index in [1.54, 1.807) is 0 Å².